The highest BCUT2D eigenvalue weighted by atomic mass is 16.5. The van der Waals surface area contributed by atoms with Gasteiger partial charge in [-0.15, -0.1) is 0 Å². The van der Waals surface area contributed by atoms with Gasteiger partial charge in [-0.25, -0.2) is 4.98 Å². The Hall–Kier alpha value is -4.20. The van der Waals surface area contributed by atoms with Crippen molar-refractivity contribution in [2.45, 2.75) is 19.4 Å². The molecular weight excluding hydrogens is 444 g/mol. The summed E-state index contributed by atoms with van der Waals surface area (Å²) >= 11 is 0. The standard InChI is InChI=1S/C27H26N4O4/c1-17-12-19(14-29-26(17)34-3)22-8-10-28-24-6-5-20(13-23(22)24)35-21-9-11-31(16-21)27(33)18-4-7-25(32)30(2)15-18/h4-8,10,12-15,21H,9,11,16H2,1-3H3. The first kappa shape index (κ1) is 22.6. The Kier molecular flexibility index (Phi) is 5.94. The molecule has 8 heteroatoms. The minimum atomic E-state index is -0.144. The number of hydrogen-bond acceptors (Lipinski definition) is 6. The normalized spacial score (nSPS) is 15.4. The van der Waals surface area contributed by atoms with Crippen LogP contribution in [0.5, 0.6) is 11.6 Å². The Morgan fingerprint density at radius 2 is 1.97 bits per heavy atom. The first-order valence-electron chi connectivity index (χ1n) is 11.5. The minimum Gasteiger partial charge on any atom is -0.488 e. The highest BCUT2D eigenvalue weighted by molar-refractivity contribution is 5.95. The highest BCUT2D eigenvalue weighted by Crippen LogP contribution is 2.32. The first-order chi connectivity index (χ1) is 16.9. The van der Waals surface area contributed by atoms with Crippen LogP contribution in [0.3, 0.4) is 0 Å². The predicted octanol–water partition coefficient (Wildman–Crippen LogP) is 3.61. The predicted molar refractivity (Wildman–Crippen MR) is 133 cm³/mol. The van der Waals surface area contributed by atoms with Crippen LogP contribution in [0, 0.1) is 6.92 Å². The lowest BCUT2D eigenvalue weighted by Crippen LogP contribution is -2.31. The molecule has 3 aromatic heterocycles. The zero-order valence-corrected chi connectivity index (χ0v) is 19.9. The number of ether oxygens (including phenoxy) is 2. The molecular formula is C27H26N4O4. The van der Waals surface area contributed by atoms with Gasteiger partial charge in [0, 0.05) is 61.2 Å². The highest BCUT2D eigenvalue weighted by Gasteiger charge is 2.28. The Bertz CT molecular complexity index is 1480. The average Bonchev–Trinajstić information content (AvgIpc) is 3.33. The van der Waals surface area contributed by atoms with Crippen molar-refractivity contribution >= 4 is 16.8 Å². The molecule has 4 aromatic rings. The van der Waals surface area contributed by atoms with E-state index >= 15 is 0 Å². The number of nitrogens with zero attached hydrogens (tertiary/aromatic N) is 4. The second-order valence-corrected chi connectivity index (χ2v) is 8.73. The molecule has 1 aliphatic heterocycles. The van der Waals surface area contributed by atoms with Crippen LogP contribution in [0.2, 0.25) is 0 Å². The summed E-state index contributed by atoms with van der Waals surface area (Å²) in [6.45, 7) is 3.06. The van der Waals surface area contributed by atoms with Crippen molar-refractivity contribution in [3.63, 3.8) is 0 Å². The number of carbonyl (C=O) groups is 1. The Morgan fingerprint density at radius 1 is 1.11 bits per heavy atom. The van der Waals surface area contributed by atoms with Gasteiger partial charge in [-0.1, -0.05) is 0 Å². The number of hydrogen-bond donors (Lipinski definition) is 0. The van der Waals surface area contributed by atoms with E-state index in [1.165, 1.54) is 10.6 Å². The van der Waals surface area contributed by atoms with E-state index in [1.54, 1.807) is 43.7 Å². The van der Waals surface area contributed by atoms with Crippen LogP contribution in [0.15, 0.2) is 65.8 Å². The quantitative estimate of drug-likeness (QED) is 0.443. The summed E-state index contributed by atoms with van der Waals surface area (Å²) in [5, 5.41) is 0.965. The second-order valence-electron chi connectivity index (χ2n) is 8.73. The fraction of sp³-hybridized carbons (Fsp3) is 0.259. The van der Waals surface area contributed by atoms with Crippen molar-refractivity contribution in [1.29, 1.82) is 0 Å². The Labute approximate surface area is 202 Å². The van der Waals surface area contributed by atoms with Crippen molar-refractivity contribution in [3.05, 3.63) is 82.5 Å². The Morgan fingerprint density at radius 3 is 2.74 bits per heavy atom. The molecule has 1 aliphatic rings. The average molecular weight is 471 g/mol. The van der Waals surface area contributed by atoms with E-state index in [0.29, 0.717) is 24.5 Å². The molecule has 35 heavy (non-hydrogen) atoms. The number of aromatic nitrogens is 3. The van der Waals surface area contributed by atoms with Crippen LogP contribution >= 0.6 is 0 Å². The third-order valence-electron chi connectivity index (χ3n) is 6.32. The maximum absolute atomic E-state index is 12.9. The third-order valence-corrected chi connectivity index (χ3v) is 6.32. The number of likely N-dealkylation sites (tertiary alicyclic amines) is 1. The minimum absolute atomic E-state index is 0.0981. The van der Waals surface area contributed by atoms with Gasteiger partial charge in [0.25, 0.3) is 5.91 Å². The van der Waals surface area contributed by atoms with Gasteiger partial charge >= 0.3 is 0 Å². The van der Waals surface area contributed by atoms with Crippen LogP contribution in [0.4, 0.5) is 0 Å². The number of benzene rings is 1. The van der Waals surface area contributed by atoms with Gasteiger partial charge in [0.2, 0.25) is 11.4 Å². The number of amides is 1. The van der Waals surface area contributed by atoms with Crippen LogP contribution < -0.4 is 15.0 Å². The van der Waals surface area contributed by atoms with Crippen LogP contribution in [0.25, 0.3) is 22.0 Å². The smallest absolute Gasteiger partial charge is 0.255 e. The maximum Gasteiger partial charge on any atom is 0.255 e. The SMILES string of the molecule is COc1ncc(-c2ccnc3ccc(OC4CCN(C(=O)c5ccc(=O)n(C)c5)C4)cc23)cc1C. The van der Waals surface area contributed by atoms with Crippen molar-refractivity contribution < 1.29 is 14.3 Å². The van der Waals surface area contributed by atoms with E-state index < -0.39 is 0 Å². The lowest BCUT2D eigenvalue weighted by Gasteiger charge is -2.18. The largest absolute Gasteiger partial charge is 0.488 e. The summed E-state index contributed by atoms with van der Waals surface area (Å²) in [7, 11) is 3.25. The molecule has 5 rings (SSSR count). The number of rotatable bonds is 5. The summed E-state index contributed by atoms with van der Waals surface area (Å²) in [5.74, 6) is 1.24. The number of aryl methyl sites for hydroxylation is 2. The van der Waals surface area contributed by atoms with Gasteiger partial charge < -0.3 is 18.9 Å². The first-order valence-corrected chi connectivity index (χ1v) is 11.5. The number of pyridine rings is 3. The molecule has 0 radical (unpaired) electrons. The van der Waals surface area contributed by atoms with Gasteiger partial charge in [-0.3, -0.25) is 14.6 Å². The molecule has 0 spiro atoms. The fourth-order valence-electron chi connectivity index (χ4n) is 4.48. The molecule has 4 heterocycles. The van der Waals surface area contributed by atoms with E-state index in [0.717, 1.165) is 39.8 Å². The van der Waals surface area contributed by atoms with Crippen molar-refractivity contribution in [3.8, 4) is 22.8 Å². The number of fused-ring (bicyclic) bond motifs is 1. The fourth-order valence-corrected chi connectivity index (χ4v) is 4.48. The van der Waals surface area contributed by atoms with E-state index in [4.69, 9.17) is 9.47 Å². The molecule has 1 aromatic carbocycles. The summed E-state index contributed by atoms with van der Waals surface area (Å²) in [6, 6.07) is 12.9. The monoisotopic (exact) mass is 470 g/mol. The summed E-state index contributed by atoms with van der Waals surface area (Å²) in [4.78, 5) is 35.2. The molecule has 0 aliphatic carbocycles. The van der Waals surface area contributed by atoms with E-state index in [1.807, 2.05) is 37.3 Å². The molecule has 0 N–H and O–H groups in total. The summed E-state index contributed by atoms with van der Waals surface area (Å²) < 4.78 is 13.0. The summed E-state index contributed by atoms with van der Waals surface area (Å²) in [6.07, 6.45) is 5.78. The number of methoxy groups -OCH3 is 1. The zero-order chi connectivity index (χ0) is 24.5. The van der Waals surface area contributed by atoms with Gasteiger partial charge in [0.1, 0.15) is 11.9 Å². The molecule has 0 bridgehead atoms. The topological polar surface area (TPSA) is 86.6 Å². The van der Waals surface area contributed by atoms with Crippen molar-refractivity contribution in [2.75, 3.05) is 20.2 Å². The van der Waals surface area contributed by atoms with Gasteiger partial charge in [-0.2, -0.15) is 0 Å². The number of carbonyl (C=O) groups excluding carboxylic acids is 1. The summed E-state index contributed by atoms with van der Waals surface area (Å²) in [5.41, 5.74) is 4.16. The van der Waals surface area contributed by atoms with E-state index in [-0.39, 0.29) is 17.6 Å². The Balaban J connectivity index is 1.36. The molecule has 1 atom stereocenters. The van der Waals surface area contributed by atoms with E-state index in [2.05, 4.69) is 9.97 Å². The van der Waals surface area contributed by atoms with Crippen molar-refractivity contribution in [1.82, 2.24) is 19.4 Å². The molecule has 0 saturated carbocycles. The molecule has 1 amide bonds. The molecule has 1 fully saturated rings. The lowest BCUT2D eigenvalue weighted by molar-refractivity contribution is 0.0771. The van der Waals surface area contributed by atoms with Gasteiger partial charge in [0.05, 0.1) is 24.7 Å². The van der Waals surface area contributed by atoms with Crippen LogP contribution in [0.1, 0.15) is 22.3 Å². The van der Waals surface area contributed by atoms with Gasteiger partial charge in [-0.05, 0) is 48.9 Å². The molecule has 178 valence electrons. The molecule has 1 unspecified atom stereocenters. The van der Waals surface area contributed by atoms with Gasteiger partial charge in [0.15, 0.2) is 0 Å². The van der Waals surface area contributed by atoms with Crippen molar-refractivity contribution in [2.24, 2.45) is 7.05 Å². The molecule has 1 saturated heterocycles. The third kappa shape index (κ3) is 4.47. The lowest BCUT2D eigenvalue weighted by atomic mass is 10.0. The second kappa shape index (κ2) is 9.21. The van der Waals surface area contributed by atoms with E-state index in [9.17, 15) is 9.59 Å². The van der Waals surface area contributed by atoms with Crippen LogP contribution in [-0.4, -0.2) is 51.6 Å². The molecule has 8 nitrogen and oxygen atoms in total. The zero-order valence-electron chi connectivity index (χ0n) is 19.9. The maximum atomic E-state index is 12.9. The van der Waals surface area contributed by atoms with Crippen LogP contribution in [-0.2, 0) is 7.05 Å².